The van der Waals surface area contributed by atoms with Crippen molar-refractivity contribution in [2.75, 3.05) is 13.1 Å². The molecule has 0 radical (unpaired) electrons. The number of ether oxygens (including phenoxy) is 1. The summed E-state index contributed by atoms with van der Waals surface area (Å²) in [6.07, 6.45) is 4.28. The minimum Gasteiger partial charge on any atom is -0.487 e. The van der Waals surface area contributed by atoms with Crippen LogP contribution in [0, 0.1) is 0 Å². The van der Waals surface area contributed by atoms with Gasteiger partial charge in [-0.05, 0) is 48.9 Å². The molecule has 0 aliphatic carbocycles. The van der Waals surface area contributed by atoms with Crippen LogP contribution in [0.2, 0.25) is 0 Å². The molecule has 0 aliphatic heterocycles. The van der Waals surface area contributed by atoms with Crippen LogP contribution >= 0.6 is 24.0 Å². The summed E-state index contributed by atoms with van der Waals surface area (Å²) >= 11 is 0. The lowest BCUT2D eigenvalue weighted by Gasteiger charge is -2.11. The molecule has 2 aromatic heterocycles. The van der Waals surface area contributed by atoms with Crippen LogP contribution < -0.4 is 15.4 Å². The van der Waals surface area contributed by atoms with E-state index in [1.807, 2.05) is 54.6 Å². The van der Waals surface area contributed by atoms with E-state index >= 15 is 0 Å². The van der Waals surface area contributed by atoms with Gasteiger partial charge in [0, 0.05) is 25.7 Å². The summed E-state index contributed by atoms with van der Waals surface area (Å²) in [6, 6.07) is 17.7. The Hall–Kier alpha value is -2.55. The Bertz CT molecular complexity index is 837. The summed E-state index contributed by atoms with van der Waals surface area (Å²) in [6.45, 7) is 4.68. The molecular weight excluding hydrogens is 479 g/mol. The molecule has 2 heterocycles. The van der Waals surface area contributed by atoms with Crippen molar-refractivity contribution in [1.29, 1.82) is 0 Å². The van der Waals surface area contributed by atoms with Crippen LogP contribution in [0.4, 0.5) is 0 Å². The van der Waals surface area contributed by atoms with Crippen molar-refractivity contribution in [3.05, 3.63) is 84.1 Å². The maximum absolute atomic E-state index is 5.77. The molecule has 0 atom stereocenters. The van der Waals surface area contributed by atoms with Crippen molar-refractivity contribution in [1.82, 2.24) is 15.6 Å². The fraction of sp³-hybridized carbons (Fsp3) is 0.273. The predicted molar refractivity (Wildman–Crippen MR) is 126 cm³/mol. The van der Waals surface area contributed by atoms with Gasteiger partial charge in [0.05, 0.1) is 18.5 Å². The first-order chi connectivity index (χ1) is 13.8. The molecule has 0 bridgehead atoms. The fourth-order valence-electron chi connectivity index (χ4n) is 2.60. The Morgan fingerprint density at radius 3 is 2.62 bits per heavy atom. The quantitative estimate of drug-likeness (QED) is 0.259. The van der Waals surface area contributed by atoms with Gasteiger partial charge in [0.15, 0.2) is 5.96 Å². The summed E-state index contributed by atoms with van der Waals surface area (Å²) in [7, 11) is 0. The standard InChI is InChI=1S/C22H26N4O2.HI/c1-2-23-22(25-14-12-20-7-5-15-27-20)26-16-18-8-10-21(11-9-18)28-17-19-6-3-4-13-24-19;/h3-11,13,15H,2,12,14,16-17H2,1H3,(H2,23,25,26);1H. The van der Waals surface area contributed by atoms with Gasteiger partial charge in [0.25, 0.3) is 0 Å². The van der Waals surface area contributed by atoms with Crippen molar-refractivity contribution in [2.45, 2.75) is 26.5 Å². The summed E-state index contributed by atoms with van der Waals surface area (Å²) in [5, 5.41) is 6.59. The number of nitrogens with one attached hydrogen (secondary N) is 2. The second-order valence-electron chi connectivity index (χ2n) is 6.21. The number of hydrogen-bond donors (Lipinski definition) is 2. The molecule has 3 rings (SSSR count). The van der Waals surface area contributed by atoms with Gasteiger partial charge < -0.3 is 19.8 Å². The summed E-state index contributed by atoms with van der Waals surface area (Å²) in [5.41, 5.74) is 2.03. The van der Waals surface area contributed by atoms with Crippen molar-refractivity contribution in [3.63, 3.8) is 0 Å². The van der Waals surface area contributed by atoms with E-state index in [1.54, 1.807) is 12.5 Å². The van der Waals surface area contributed by atoms with Crippen molar-refractivity contribution < 1.29 is 9.15 Å². The number of pyridine rings is 1. The number of aliphatic imine (C=N–C) groups is 1. The van der Waals surface area contributed by atoms with Crippen LogP contribution in [0.15, 0.2) is 76.5 Å². The lowest BCUT2D eigenvalue weighted by Crippen LogP contribution is -2.38. The molecule has 0 unspecified atom stereocenters. The molecule has 2 N–H and O–H groups in total. The van der Waals surface area contributed by atoms with Gasteiger partial charge in [-0.15, -0.1) is 24.0 Å². The van der Waals surface area contributed by atoms with Crippen molar-refractivity contribution in [3.8, 4) is 5.75 Å². The molecule has 0 amide bonds. The largest absolute Gasteiger partial charge is 0.487 e. The van der Waals surface area contributed by atoms with Crippen molar-refractivity contribution >= 4 is 29.9 Å². The number of benzene rings is 1. The average Bonchev–Trinajstić information content (AvgIpc) is 3.25. The number of furan rings is 1. The van der Waals surface area contributed by atoms with E-state index in [0.717, 1.165) is 48.2 Å². The number of aromatic nitrogens is 1. The minimum atomic E-state index is 0. The molecule has 7 heteroatoms. The molecule has 0 saturated heterocycles. The molecule has 29 heavy (non-hydrogen) atoms. The van der Waals surface area contributed by atoms with Crippen LogP contribution in [0.25, 0.3) is 0 Å². The highest BCUT2D eigenvalue weighted by molar-refractivity contribution is 14.0. The molecule has 1 aromatic carbocycles. The number of hydrogen-bond acceptors (Lipinski definition) is 4. The molecule has 3 aromatic rings. The van der Waals surface area contributed by atoms with E-state index in [2.05, 4.69) is 27.5 Å². The van der Waals surface area contributed by atoms with Crippen LogP contribution in [0.3, 0.4) is 0 Å². The van der Waals surface area contributed by atoms with Gasteiger partial charge in [-0.1, -0.05) is 18.2 Å². The van der Waals surface area contributed by atoms with Crippen LogP contribution in [0.1, 0.15) is 23.9 Å². The van der Waals surface area contributed by atoms with Gasteiger partial charge in [-0.25, -0.2) is 4.99 Å². The molecular formula is C22H27IN4O2. The lowest BCUT2D eigenvalue weighted by molar-refractivity contribution is 0.301. The topological polar surface area (TPSA) is 71.7 Å². The third-order valence-electron chi connectivity index (χ3n) is 4.04. The molecule has 6 nitrogen and oxygen atoms in total. The summed E-state index contributed by atoms with van der Waals surface area (Å²) in [4.78, 5) is 8.89. The number of guanidine groups is 1. The van der Waals surface area contributed by atoms with E-state index in [0.29, 0.717) is 13.2 Å². The van der Waals surface area contributed by atoms with E-state index < -0.39 is 0 Å². The average molecular weight is 506 g/mol. The first-order valence-corrected chi connectivity index (χ1v) is 9.49. The molecule has 154 valence electrons. The Labute approximate surface area is 188 Å². The highest BCUT2D eigenvalue weighted by Crippen LogP contribution is 2.14. The normalized spacial score (nSPS) is 10.9. The monoisotopic (exact) mass is 506 g/mol. The van der Waals surface area contributed by atoms with E-state index in [1.165, 1.54) is 0 Å². The van der Waals surface area contributed by atoms with Gasteiger partial charge in [-0.3, -0.25) is 4.98 Å². The smallest absolute Gasteiger partial charge is 0.191 e. The highest BCUT2D eigenvalue weighted by atomic mass is 127. The van der Waals surface area contributed by atoms with Crippen LogP contribution in [-0.2, 0) is 19.6 Å². The number of halogens is 1. The maximum atomic E-state index is 5.77. The van der Waals surface area contributed by atoms with E-state index in [-0.39, 0.29) is 24.0 Å². The molecule has 0 saturated carbocycles. The Morgan fingerprint density at radius 2 is 1.93 bits per heavy atom. The maximum Gasteiger partial charge on any atom is 0.191 e. The SMILES string of the molecule is CCNC(=NCc1ccc(OCc2ccccn2)cc1)NCCc1ccco1.I. The minimum absolute atomic E-state index is 0. The molecule has 0 fully saturated rings. The zero-order valence-corrected chi connectivity index (χ0v) is 18.8. The molecule has 0 spiro atoms. The zero-order chi connectivity index (χ0) is 19.4. The summed E-state index contributed by atoms with van der Waals surface area (Å²) in [5.74, 6) is 2.58. The Morgan fingerprint density at radius 1 is 1.07 bits per heavy atom. The third-order valence-corrected chi connectivity index (χ3v) is 4.04. The third kappa shape index (κ3) is 8.15. The first kappa shape index (κ1) is 22.7. The van der Waals surface area contributed by atoms with Crippen LogP contribution in [-0.4, -0.2) is 24.0 Å². The van der Waals surface area contributed by atoms with Gasteiger partial charge >= 0.3 is 0 Å². The Balaban J connectivity index is 0.00000300. The van der Waals surface area contributed by atoms with Gasteiger partial charge in [0.2, 0.25) is 0 Å². The van der Waals surface area contributed by atoms with Gasteiger partial charge in [0.1, 0.15) is 18.1 Å². The number of nitrogens with zero attached hydrogens (tertiary/aromatic N) is 2. The van der Waals surface area contributed by atoms with Crippen LogP contribution in [0.5, 0.6) is 5.75 Å². The lowest BCUT2D eigenvalue weighted by atomic mass is 10.2. The fourth-order valence-corrected chi connectivity index (χ4v) is 2.60. The van der Waals surface area contributed by atoms with E-state index in [4.69, 9.17) is 9.15 Å². The first-order valence-electron chi connectivity index (χ1n) is 9.49. The Kier molecular flexibility index (Phi) is 10.1. The van der Waals surface area contributed by atoms with Crippen molar-refractivity contribution in [2.24, 2.45) is 4.99 Å². The summed E-state index contributed by atoms with van der Waals surface area (Å²) < 4.78 is 11.1. The second-order valence-corrected chi connectivity index (χ2v) is 6.21. The highest BCUT2D eigenvalue weighted by Gasteiger charge is 2.01. The predicted octanol–water partition coefficient (Wildman–Crippen LogP) is 4.17. The second kappa shape index (κ2) is 12.8. The molecule has 0 aliphatic rings. The number of rotatable bonds is 9. The zero-order valence-electron chi connectivity index (χ0n) is 16.5. The van der Waals surface area contributed by atoms with E-state index in [9.17, 15) is 0 Å². The van der Waals surface area contributed by atoms with Gasteiger partial charge in [-0.2, -0.15) is 0 Å².